The van der Waals surface area contributed by atoms with Crippen molar-refractivity contribution in [1.29, 1.82) is 0 Å². The van der Waals surface area contributed by atoms with Gasteiger partial charge in [-0.1, -0.05) is 188 Å². The molecule has 11 aromatic carbocycles. The minimum atomic E-state index is 1.08. The Morgan fingerprint density at radius 3 is 1.26 bits per heavy atom. The van der Waals surface area contributed by atoms with Crippen molar-refractivity contribution in [3.63, 3.8) is 0 Å². The van der Waals surface area contributed by atoms with E-state index in [9.17, 15) is 0 Å². The number of nitrogens with zero attached hydrogens (tertiary/aromatic N) is 2. The highest BCUT2D eigenvalue weighted by Crippen LogP contribution is 2.43. The summed E-state index contributed by atoms with van der Waals surface area (Å²) in [5.41, 5.74) is 18.7. The lowest BCUT2D eigenvalue weighted by Gasteiger charge is -2.26. The summed E-state index contributed by atoms with van der Waals surface area (Å²) in [4.78, 5) is 2.39. The molecule has 2 nitrogen and oxygen atoms in total. The molecule has 1 aromatic heterocycles. The summed E-state index contributed by atoms with van der Waals surface area (Å²) in [5, 5.41) is 4.95. The number of rotatable bonds is 9. The van der Waals surface area contributed by atoms with E-state index in [-0.39, 0.29) is 0 Å². The Morgan fingerprint density at radius 1 is 0.258 bits per heavy atom. The number of aromatic nitrogens is 1. The lowest BCUT2D eigenvalue weighted by molar-refractivity contribution is 1.18. The lowest BCUT2D eigenvalue weighted by atomic mass is 9.97. The fourth-order valence-corrected chi connectivity index (χ4v) is 9.73. The van der Waals surface area contributed by atoms with E-state index in [1.54, 1.807) is 0 Å². The molecule has 2 heteroatoms. The fraction of sp³-hybridized carbons (Fsp3) is 0. The number of anilines is 3. The monoisotopic (exact) mass is 840 g/mol. The zero-order valence-corrected chi connectivity index (χ0v) is 36.3. The van der Waals surface area contributed by atoms with Crippen molar-refractivity contribution in [2.45, 2.75) is 0 Å². The predicted octanol–water partition coefficient (Wildman–Crippen LogP) is 17.7. The normalized spacial score (nSPS) is 11.3. The SMILES string of the molecule is c1ccc(-c2cccc(-c3ccc(N(c4ccc(-c5cccc(-c6ccccc6)c5)cc4)c4cccc(-c5cccc6c5c5cc7ccccc7cc5n6-c5ccccc5)c4)cc3)c2)cc1. The minimum Gasteiger partial charge on any atom is -0.310 e. The third-order valence-electron chi connectivity index (χ3n) is 12.9. The van der Waals surface area contributed by atoms with Gasteiger partial charge in [-0.25, -0.2) is 0 Å². The van der Waals surface area contributed by atoms with Crippen LogP contribution < -0.4 is 4.90 Å². The van der Waals surface area contributed by atoms with E-state index in [0.717, 1.165) is 28.3 Å². The molecule has 0 N–H and O–H groups in total. The second-order valence-electron chi connectivity index (χ2n) is 17.0. The Labute approximate surface area is 385 Å². The van der Waals surface area contributed by atoms with Gasteiger partial charge in [-0.15, -0.1) is 0 Å². The van der Waals surface area contributed by atoms with Crippen LogP contribution in [0.4, 0.5) is 17.1 Å². The Bertz CT molecular complexity index is 3540. The first-order valence-corrected chi connectivity index (χ1v) is 22.7. The van der Waals surface area contributed by atoms with Gasteiger partial charge < -0.3 is 9.47 Å². The van der Waals surface area contributed by atoms with Crippen LogP contribution in [0.1, 0.15) is 0 Å². The highest BCUT2D eigenvalue weighted by molar-refractivity contribution is 6.18. The molecule has 1 heterocycles. The number of hydrogen-bond donors (Lipinski definition) is 0. The standard InChI is InChI=1S/C64H44N2/c1-4-16-45(17-5-1)49-22-12-24-51(40-49)47-32-36-57(37-33-47)65(58-38-34-48(35-39-58)52-25-13-23-50(41-52)46-18-6-2-7-19-46)59-29-14-26-55(42-59)60-30-15-31-62-64(60)61-43-53-20-10-11-21-54(53)44-63(61)66(62)56-27-8-3-9-28-56/h1-44H. The largest absolute Gasteiger partial charge is 0.310 e. The first-order chi connectivity index (χ1) is 32.7. The molecule has 0 fully saturated rings. The quantitative estimate of drug-likeness (QED) is 0.141. The summed E-state index contributed by atoms with van der Waals surface area (Å²) >= 11 is 0. The third kappa shape index (κ3) is 7.21. The molecule has 0 bridgehead atoms. The summed E-state index contributed by atoms with van der Waals surface area (Å²) < 4.78 is 2.42. The topological polar surface area (TPSA) is 8.17 Å². The van der Waals surface area contributed by atoms with Gasteiger partial charge in [0, 0.05) is 33.5 Å². The molecule has 0 aliphatic rings. The van der Waals surface area contributed by atoms with Gasteiger partial charge in [0.05, 0.1) is 11.0 Å². The van der Waals surface area contributed by atoms with Crippen molar-refractivity contribution >= 4 is 49.6 Å². The third-order valence-corrected chi connectivity index (χ3v) is 12.9. The van der Waals surface area contributed by atoms with E-state index in [0.29, 0.717) is 0 Å². The van der Waals surface area contributed by atoms with Gasteiger partial charge in [0.15, 0.2) is 0 Å². The molecule has 66 heavy (non-hydrogen) atoms. The van der Waals surface area contributed by atoms with Crippen LogP contribution in [0.5, 0.6) is 0 Å². The molecule has 12 rings (SSSR count). The maximum atomic E-state index is 2.42. The minimum absolute atomic E-state index is 1.08. The average molecular weight is 841 g/mol. The molecule has 0 saturated carbocycles. The molecule has 12 aromatic rings. The first-order valence-electron chi connectivity index (χ1n) is 22.7. The molecule has 0 radical (unpaired) electrons. The summed E-state index contributed by atoms with van der Waals surface area (Å²) in [7, 11) is 0. The van der Waals surface area contributed by atoms with Gasteiger partial charge in [0.1, 0.15) is 0 Å². The number of benzene rings is 11. The van der Waals surface area contributed by atoms with E-state index >= 15 is 0 Å². The summed E-state index contributed by atoms with van der Waals surface area (Å²) in [6, 6.07) is 96.9. The van der Waals surface area contributed by atoms with Crippen LogP contribution >= 0.6 is 0 Å². The van der Waals surface area contributed by atoms with Crippen LogP contribution in [0.3, 0.4) is 0 Å². The first kappa shape index (κ1) is 38.9. The Hall–Kier alpha value is -8.72. The van der Waals surface area contributed by atoms with Crippen molar-refractivity contribution in [3.8, 4) is 61.3 Å². The van der Waals surface area contributed by atoms with E-state index in [1.807, 2.05) is 0 Å². The number of para-hydroxylation sites is 1. The van der Waals surface area contributed by atoms with Crippen molar-refractivity contribution in [1.82, 2.24) is 4.57 Å². The molecular formula is C64H44N2. The van der Waals surface area contributed by atoms with E-state index < -0.39 is 0 Å². The summed E-state index contributed by atoms with van der Waals surface area (Å²) in [5.74, 6) is 0. The average Bonchev–Trinajstić information content (AvgIpc) is 3.72. The highest BCUT2D eigenvalue weighted by atomic mass is 15.1. The summed E-state index contributed by atoms with van der Waals surface area (Å²) in [6.07, 6.45) is 0. The van der Waals surface area contributed by atoms with E-state index in [2.05, 4.69) is 276 Å². The van der Waals surface area contributed by atoms with Crippen molar-refractivity contribution in [2.75, 3.05) is 4.90 Å². The second kappa shape index (κ2) is 16.8. The van der Waals surface area contributed by atoms with Crippen LogP contribution in [-0.4, -0.2) is 4.57 Å². The molecule has 310 valence electrons. The Kier molecular flexibility index (Phi) is 9.89. The number of fused-ring (bicyclic) bond motifs is 4. The van der Waals surface area contributed by atoms with Gasteiger partial charge in [-0.2, -0.15) is 0 Å². The van der Waals surface area contributed by atoms with Crippen LogP contribution in [0, 0.1) is 0 Å². The van der Waals surface area contributed by atoms with Crippen LogP contribution in [0.15, 0.2) is 267 Å². The van der Waals surface area contributed by atoms with Gasteiger partial charge in [-0.05, 0) is 145 Å². The maximum Gasteiger partial charge on any atom is 0.0547 e. The van der Waals surface area contributed by atoms with Crippen LogP contribution in [-0.2, 0) is 0 Å². The van der Waals surface area contributed by atoms with Gasteiger partial charge >= 0.3 is 0 Å². The molecule has 0 saturated heterocycles. The molecule has 0 aliphatic carbocycles. The zero-order valence-electron chi connectivity index (χ0n) is 36.3. The summed E-state index contributed by atoms with van der Waals surface area (Å²) in [6.45, 7) is 0. The van der Waals surface area contributed by atoms with Gasteiger partial charge in [-0.3, -0.25) is 0 Å². The Balaban J connectivity index is 0.987. The molecule has 0 atom stereocenters. The Morgan fingerprint density at radius 2 is 0.697 bits per heavy atom. The second-order valence-corrected chi connectivity index (χ2v) is 17.0. The van der Waals surface area contributed by atoms with Crippen LogP contribution in [0.2, 0.25) is 0 Å². The number of hydrogen-bond acceptors (Lipinski definition) is 1. The van der Waals surface area contributed by atoms with Gasteiger partial charge in [0.25, 0.3) is 0 Å². The van der Waals surface area contributed by atoms with E-state index in [1.165, 1.54) is 82.6 Å². The fourth-order valence-electron chi connectivity index (χ4n) is 9.73. The predicted molar refractivity (Wildman–Crippen MR) is 280 cm³/mol. The molecule has 0 amide bonds. The lowest BCUT2D eigenvalue weighted by Crippen LogP contribution is -2.10. The smallest absolute Gasteiger partial charge is 0.0547 e. The van der Waals surface area contributed by atoms with Gasteiger partial charge in [0.2, 0.25) is 0 Å². The van der Waals surface area contributed by atoms with Crippen LogP contribution in [0.25, 0.3) is 93.9 Å². The molecular weight excluding hydrogens is 797 g/mol. The van der Waals surface area contributed by atoms with Crippen molar-refractivity contribution in [2.24, 2.45) is 0 Å². The maximum absolute atomic E-state index is 2.42. The molecule has 0 unspecified atom stereocenters. The van der Waals surface area contributed by atoms with Crippen molar-refractivity contribution < 1.29 is 0 Å². The van der Waals surface area contributed by atoms with E-state index in [4.69, 9.17) is 0 Å². The van der Waals surface area contributed by atoms with Crippen molar-refractivity contribution in [3.05, 3.63) is 267 Å². The highest BCUT2D eigenvalue weighted by Gasteiger charge is 2.19. The molecule has 0 aliphatic heterocycles. The molecule has 0 spiro atoms. The zero-order chi connectivity index (χ0) is 43.8.